The summed E-state index contributed by atoms with van der Waals surface area (Å²) in [5, 5.41) is 6.33. The Labute approximate surface area is 123 Å². The van der Waals surface area contributed by atoms with Gasteiger partial charge in [0.1, 0.15) is 17.2 Å². The van der Waals surface area contributed by atoms with Gasteiger partial charge in [-0.3, -0.25) is 9.89 Å². The average Bonchev–Trinajstić information content (AvgIpc) is 3.17. The number of likely N-dealkylation sites (tertiary alicyclic amines) is 1. The predicted molar refractivity (Wildman–Crippen MR) is 70.1 cm³/mol. The van der Waals surface area contributed by atoms with Crippen LogP contribution in [0, 0.1) is 0 Å². The molecule has 22 heavy (non-hydrogen) atoms. The third-order valence-electron chi connectivity index (χ3n) is 3.73. The average molecular weight is 313 g/mol. The van der Waals surface area contributed by atoms with E-state index in [4.69, 9.17) is 0 Å². The van der Waals surface area contributed by atoms with Crippen molar-refractivity contribution in [3.8, 4) is 0 Å². The van der Waals surface area contributed by atoms with Crippen molar-refractivity contribution < 1.29 is 18.0 Å². The minimum Gasteiger partial charge on any atom is -0.338 e. The van der Waals surface area contributed by atoms with Gasteiger partial charge < -0.3 is 9.88 Å². The fourth-order valence-electron chi connectivity index (χ4n) is 2.62. The Bertz CT molecular complexity index is 649. The molecule has 1 aliphatic heterocycles. The number of hydrogen-bond acceptors (Lipinski definition) is 3. The first-order chi connectivity index (χ1) is 10.4. The minimum absolute atomic E-state index is 0.204. The molecule has 0 aromatic carbocycles. The van der Waals surface area contributed by atoms with Gasteiger partial charge in [0.2, 0.25) is 0 Å². The van der Waals surface area contributed by atoms with Crippen molar-refractivity contribution in [3.63, 3.8) is 0 Å². The van der Waals surface area contributed by atoms with Crippen molar-refractivity contribution in [2.75, 3.05) is 13.1 Å². The maximum Gasteiger partial charge on any atom is 0.432 e. The van der Waals surface area contributed by atoms with Crippen LogP contribution in [0.2, 0.25) is 0 Å². The fourth-order valence-corrected chi connectivity index (χ4v) is 2.62. The topological polar surface area (TPSA) is 77.7 Å². The number of nitrogens with zero attached hydrogens (tertiary/aromatic N) is 3. The van der Waals surface area contributed by atoms with E-state index < -0.39 is 11.9 Å². The zero-order valence-corrected chi connectivity index (χ0v) is 11.5. The lowest BCUT2D eigenvalue weighted by Crippen LogP contribution is -2.39. The van der Waals surface area contributed by atoms with Crippen molar-refractivity contribution in [3.05, 3.63) is 35.7 Å². The quantitative estimate of drug-likeness (QED) is 0.892. The van der Waals surface area contributed by atoms with Gasteiger partial charge in [-0.25, -0.2) is 4.98 Å². The lowest BCUT2D eigenvalue weighted by Gasteiger charge is -2.31. The Morgan fingerprint density at radius 3 is 2.86 bits per heavy atom. The molecule has 3 heterocycles. The van der Waals surface area contributed by atoms with Crippen LogP contribution >= 0.6 is 0 Å². The van der Waals surface area contributed by atoms with E-state index in [-0.39, 0.29) is 17.6 Å². The zero-order chi connectivity index (χ0) is 15.7. The third kappa shape index (κ3) is 2.83. The number of carbonyl (C=O) groups excluding carboxylic acids is 1. The van der Waals surface area contributed by atoms with Crippen molar-refractivity contribution in [2.45, 2.75) is 24.9 Å². The summed E-state index contributed by atoms with van der Waals surface area (Å²) in [4.78, 5) is 20.0. The van der Waals surface area contributed by atoms with E-state index in [1.807, 2.05) is 0 Å². The van der Waals surface area contributed by atoms with Gasteiger partial charge in [0, 0.05) is 25.2 Å². The van der Waals surface area contributed by atoms with E-state index >= 15 is 0 Å². The van der Waals surface area contributed by atoms with Crippen LogP contribution in [0.3, 0.4) is 0 Å². The Balaban J connectivity index is 1.73. The highest BCUT2D eigenvalue weighted by molar-refractivity contribution is 5.92. The second kappa shape index (κ2) is 5.47. The molecule has 1 atom stereocenters. The molecule has 0 saturated carbocycles. The number of nitrogens with one attached hydrogen (secondary N) is 2. The lowest BCUT2D eigenvalue weighted by atomic mass is 9.97. The van der Waals surface area contributed by atoms with Gasteiger partial charge in [-0.15, -0.1) is 0 Å². The van der Waals surface area contributed by atoms with Gasteiger partial charge in [0.25, 0.3) is 5.91 Å². The summed E-state index contributed by atoms with van der Waals surface area (Å²) in [6.45, 7) is 0.907. The molecule has 2 N–H and O–H groups in total. The molecule has 1 amide bonds. The van der Waals surface area contributed by atoms with E-state index in [0.29, 0.717) is 31.6 Å². The first-order valence-electron chi connectivity index (χ1n) is 6.86. The molecule has 3 rings (SSSR count). The second-order valence-electron chi connectivity index (χ2n) is 5.24. The van der Waals surface area contributed by atoms with Crippen LogP contribution in [0.25, 0.3) is 0 Å². The van der Waals surface area contributed by atoms with Crippen molar-refractivity contribution in [2.24, 2.45) is 0 Å². The van der Waals surface area contributed by atoms with Gasteiger partial charge in [0.05, 0.1) is 6.20 Å². The highest BCUT2D eigenvalue weighted by Gasteiger charge is 2.35. The third-order valence-corrected chi connectivity index (χ3v) is 3.73. The number of rotatable bonds is 2. The van der Waals surface area contributed by atoms with Gasteiger partial charge in [0.15, 0.2) is 0 Å². The molecular formula is C13H14F3N5O. The second-order valence-corrected chi connectivity index (χ2v) is 5.24. The molecule has 0 radical (unpaired) electrons. The molecule has 2 aromatic rings. The number of hydrogen-bond donors (Lipinski definition) is 2. The molecule has 1 unspecified atom stereocenters. The summed E-state index contributed by atoms with van der Waals surface area (Å²) in [5.74, 6) is -0.157. The zero-order valence-electron chi connectivity index (χ0n) is 11.5. The Morgan fingerprint density at radius 1 is 1.41 bits per heavy atom. The van der Waals surface area contributed by atoms with Crippen LogP contribution in [0.1, 0.15) is 40.8 Å². The molecule has 9 heteroatoms. The number of H-pyrrole nitrogens is 2. The Morgan fingerprint density at radius 2 is 2.23 bits per heavy atom. The predicted octanol–water partition coefficient (Wildman–Crippen LogP) is 2.17. The molecule has 1 aliphatic rings. The van der Waals surface area contributed by atoms with Crippen LogP contribution in [0.5, 0.6) is 0 Å². The molecule has 1 saturated heterocycles. The molecule has 118 valence electrons. The Hall–Kier alpha value is -2.32. The number of halogens is 3. The van der Waals surface area contributed by atoms with E-state index in [1.54, 1.807) is 11.0 Å². The number of carbonyl (C=O) groups is 1. The summed E-state index contributed by atoms with van der Waals surface area (Å²) in [6, 6.07) is 1.57. The van der Waals surface area contributed by atoms with Crippen molar-refractivity contribution >= 4 is 5.91 Å². The van der Waals surface area contributed by atoms with E-state index in [1.165, 1.54) is 6.20 Å². The molecule has 0 spiro atoms. The monoisotopic (exact) mass is 313 g/mol. The van der Waals surface area contributed by atoms with Crippen LogP contribution in [-0.4, -0.2) is 44.1 Å². The number of alkyl halides is 3. The summed E-state index contributed by atoms with van der Waals surface area (Å²) in [6.07, 6.45) is -0.753. The molecule has 0 aliphatic carbocycles. The SMILES string of the molecule is O=C(c1ccn[nH]1)N1CCCC(c2ncc(C(F)(F)F)[nH]2)C1. The van der Waals surface area contributed by atoms with Gasteiger partial charge in [-0.2, -0.15) is 18.3 Å². The van der Waals surface area contributed by atoms with Gasteiger partial charge >= 0.3 is 6.18 Å². The fraction of sp³-hybridized carbons (Fsp3) is 0.462. The van der Waals surface area contributed by atoms with Crippen LogP contribution in [-0.2, 0) is 6.18 Å². The maximum absolute atomic E-state index is 12.6. The lowest BCUT2D eigenvalue weighted by molar-refractivity contribution is -0.141. The molecule has 0 bridgehead atoms. The van der Waals surface area contributed by atoms with E-state index in [2.05, 4.69) is 20.2 Å². The van der Waals surface area contributed by atoms with Gasteiger partial charge in [-0.05, 0) is 18.9 Å². The van der Waals surface area contributed by atoms with Crippen LogP contribution < -0.4 is 0 Å². The van der Waals surface area contributed by atoms with Crippen molar-refractivity contribution in [1.82, 2.24) is 25.1 Å². The van der Waals surface area contributed by atoms with Crippen molar-refractivity contribution in [1.29, 1.82) is 0 Å². The van der Waals surface area contributed by atoms with E-state index in [9.17, 15) is 18.0 Å². The summed E-state index contributed by atoms with van der Waals surface area (Å²) in [5.41, 5.74) is -0.490. The summed E-state index contributed by atoms with van der Waals surface area (Å²) in [7, 11) is 0. The highest BCUT2D eigenvalue weighted by Crippen LogP contribution is 2.31. The number of imidazole rings is 1. The Kier molecular flexibility index (Phi) is 3.63. The van der Waals surface area contributed by atoms with Crippen LogP contribution in [0.15, 0.2) is 18.5 Å². The first kappa shape index (κ1) is 14.6. The largest absolute Gasteiger partial charge is 0.432 e. The number of aromatic nitrogens is 4. The number of aromatic amines is 2. The number of piperidine rings is 1. The summed E-state index contributed by atoms with van der Waals surface area (Å²) >= 11 is 0. The molecule has 6 nitrogen and oxygen atoms in total. The van der Waals surface area contributed by atoms with E-state index in [0.717, 1.165) is 6.20 Å². The number of amides is 1. The normalized spacial score (nSPS) is 19.4. The highest BCUT2D eigenvalue weighted by atomic mass is 19.4. The molecule has 1 fully saturated rings. The minimum atomic E-state index is -4.44. The maximum atomic E-state index is 12.6. The molecular weight excluding hydrogens is 299 g/mol. The standard InChI is InChI=1S/C13H14F3N5O/c14-13(15,16)10-6-17-11(19-10)8-2-1-5-21(7-8)12(22)9-3-4-18-20-9/h3-4,6,8H,1-2,5,7H2,(H,17,19)(H,18,20). The van der Waals surface area contributed by atoms with Gasteiger partial charge in [-0.1, -0.05) is 0 Å². The smallest absolute Gasteiger partial charge is 0.338 e. The molecule has 2 aromatic heterocycles. The first-order valence-corrected chi connectivity index (χ1v) is 6.86. The van der Waals surface area contributed by atoms with Crippen LogP contribution in [0.4, 0.5) is 13.2 Å². The summed E-state index contributed by atoms with van der Waals surface area (Å²) < 4.78 is 37.8.